The Hall–Kier alpha value is -2.22. The van der Waals surface area contributed by atoms with Crippen LogP contribution in [-0.4, -0.2) is 0 Å². The minimum Gasteiger partial charge on any atom is -0.398 e. The summed E-state index contributed by atoms with van der Waals surface area (Å²) in [6, 6.07) is 8.87. The van der Waals surface area contributed by atoms with Crippen molar-refractivity contribution in [2.24, 2.45) is 0 Å². The van der Waals surface area contributed by atoms with E-state index in [0.29, 0.717) is 23.7 Å². The standard InChI is InChI=1S/C26H38N2/c1-14(2)21-10-19(11-22(15(3)4)25(21)27)18(9)20-12-23(16(5)6)26(28)24(13-20)17(7)8/h10-17H,9,27-28H2,1-8H3. The first kappa shape index (κ1) is 22.1. The Morgan fingerprint density at radius 2 is 0.786 bits per heavy atom. The van der Waals surface area contributed by atoms with Gasteiger partial charge in [0.05, 0.1) is 0 Å². The van der Waals surface area contributed by atoms with Gasteiger partial charge in [-0.1, -0.05) is 62.0 Å². The van der Waals surface area contributed by atoms with Crippen LogP contribution in [0.5, 0.6) is 0 Å². The van der Waals surface area contributed by atoms with Crippen LogP contribution in [0.4, 0.5) is 11.4 Å². The molecule has 0 aliphatic carbocycles. The lowest BCUT2D eigenvalue weighted by Gasteiger charge is -2.22. The summed E-state index contributed by atoms with van der Waals surface area (Å²) in [4.78, 5) is 0. The minimum absolute atomic E-state index is 0.370. The average molecular weight is 379 g/mol. The zero-order valence-electron chi connectivity index (χ0n) is 19.0. The normalized spacial score (nSPS) is 11.9. The molecule has 2 aromatic rings. The summed E-state index contributed by atoms with van der Waals surface area (Å²) in [7, 11) is 0. The van der Waals surface area contributed by atoms with Gasteiger partial charge in [0.25, 0.3) is 0 Å². The summed E-state index contributed by atoms with van der Waals surface area (Å²) in [5, 5.41) is 0. The molecule has 0 aliphatic heterocycles. The third-order valence-corrected chi connectivity index (χ3v) is 5.67. The fourth-order valence-corrected chi connectivity index (χ4v) is 3.82. The molecule has 0 saturated heterocycles. The highest BCUT2D eigenvalue weighted by Crippen LogP contribution is 2.38. The van der Waals surface area contributed by atoms with E-state index in [4.69, 9.17) is 11.5 Å². The van der Waals surface area contributed by atoms with E-state index in [9.17, 15) is 0 Å². The topological polar surface area (TPSA) is 52.0 Å². The Morgan fingerprint density at radius 1 is 0.571 bits per heavy atom. The number of benzene rings is 2. The third kappa shape index (κ3) is 4.27. The minimum atomic E-state index is 0.370. The first-order valence-corrected chi connectivity index (χ1v) is 10.5. The second-order valence-corrected chi connectivity index (χ2v) is 9.23. The zero-order chi connectivity index (χ0) is 21.3. The fourth-order valence-electron chi connectivity index (χ4n) is 3.82. The van der Waals surface area contributed by atoms with Crippen LogP contribution in [0.3, 0.4) is 0 Å². The van der Waals surface area contributed by atoms with Gasteiger partial charge in [-0.15, -0.1) is 0 Å². The first-order chi connectivity index (χ1) is 13.0. The van der Waals surface area contributed by atoms with Crippen molar-refractivity contribution in [1.29, 1.82) is 0 Å². The van der Waals surface area contributed by atoms with Gasteiger partial charge in [0.15, 0.2) is 0 Å². The van der Waals surface area contributed by atoms with Crippen LogP contribution in [0.25, 0.3) is 5.57 Å². The van der Waals surface area contributed by atoms with Crippen molar-refractivity contribution in [3.05, 3.63) is 64.2 Å². The van der Waals surface area contributed by atoms with Gasteiger partial charge in [-0.2, -0.15) is 0 Å². The van der Waals surface area contributed by atoms with Crippen LogP contribution < -0.4 is 11.5 Å². The van der Waals surface area contributed by atoms with Crippen molar-refractivity contribution < 1.29 is 0 Å². The van der Waals surface area contributed by atoms with Crippen molar-refractivity contribution in [2.75, 3.05) is 11.5 Å². The van der Waals surface area contributed by atoms with Gasteiger partial charge in [0.2, 0.25) is 0 Å². The molecule has 0 aliphatic rings. The molecule has 2 heteroatoms. The highest BCUT2D eigenvalue weighted by Gasteiger charge is 2.18. The number of hydrogen-bond donors (Lipinski definition) is 2. The van der Waals surface area contributed by atoms with Crippen LogP contribution in [0.2, 0.25) is 0 Å². The van der Waals surface area contributed by atoms with E-state index in [1.807, 2.05) is 0 Å². The van der Waals surface area contributed by atoms with Crippen LogP contribution in [0, 0.1) is 0 Å². The maximum atomic E-state index is 6.49. The van der Waals surface area contributed by atoms with Crippen LogP contribution >= 0.6 is 0 Å². The summed E-state index contributed by atoms with van der Waals surface area (Å²) in [6.07, 6.45) is 0. The van der Waals surface area contributed by atoms with Crippen molar-refractivity contribution >= 4 is 16.9 Å². The predicted molar refractivity (Wildman–Crippen MR) is 126 cm³/mol. The van der Waals surface area contributed by atoms with E-state index in [0.717, 1.165) is 28.1 Å². The van der Waals surface area contributed by atoms with E-state index in [-0.39, 0.29) is 0 Å². The SMILES string of the molecule is C=C(c1cc(C(C)C)c(N)c(C(C)C)c1)c1cc(C(C)C)c(N)c(C(C)C)c1. The van der Waals surface area contributed by atoms with Gasteiger partial charge in [-0.25, -0.2) is 0 Å². The summed E-state index contributed by atoms with van der Waals surface area (Å²) >= 11 is 0. The molecule has 2 rings (SSSR count). The number of anilines is 2. The molecule has 152 valence electrons. The summed E-state index contributed by atoms with van der Waals surface area (Å²) < 4.78 is 0. The van der Waals surface area contributed by atoms with E-state index < -0.39 is 0 Å². The fraction of sp³-hybridized carbons (Fsp3) is 0.462. The Bertz CT molecular complexity index is 740. The number of nitrogens with two attached hydrogens (primary N) is 2. The molecule has 0 unspecified atom stereocenters. The average Bonchev–Trinajstić information content (AvgIpc) is 2.60. The molecule has 2 nitrogen and oxygen atoms in total. The largest absolute Gasteiger partial charge is 0.398 e. The van der Waals surface area contributed by atoms with Crippen molar-refractivity contribution in [3.63, 3.8) is 0 Å². The Morgan fingerprint density at radius 3 is 0.964 bits per heavy atom. The monoisotopic (exact) mass is 378 g/mol. The van der Waals surface area contributed by atoms with Crippen molar-refractivity contribution in [1.82, 2.24) is 0 Å². The molecule has 2 aromatic carbocycles. The first-order valence-electron chi connectivity index (χ1n) is 10.5. The highest BCUT2D eigenvalue weighted by atomic mass is 14.6. The Balaban J connectivity index is 2.69. The lowest BCUT2D eigenvalue weighted by Crippen LogP contribution is -2.07. The molecule has 0 fully saturated rings. The van der Waals surface area contributed by atoms with Gasteiger partial charge in [-0.05, 0) is 86.9 Å². The molecular formula is C26H38N2. The van der Waals surface area contributed by atoms with E-state index in [2.05, 4.69) is 86.2 Å². The summed E-state index contributed by atoms with van der Waals surface area (Å²) in [5.74, 6) is 1.48. The molecule has 0 radical (unpaired) electrons. The molecule has 0 spiro atoms. The van der Waals surface area contributed by atoms with Crippen molar-refractivity contribution in [3.8, 4) is 0 Å². The second-order valence-electron chi connectivity index (χ2n) is 9.23. The van der Waals surface area contributed by atoms with Crippen LogP contribution in [0.15, 0.2) is 30.8 Å². The molecule has 0 heterocycles. The van der Waals surface area contributed by atoms with Gasteiger partial charge in [-0.3, -0.25) is 0 Å². The van der Waals surface area contributed by atoms with E-state index in [1.54, 1.807) is 0 Å². The second kappa shape index (κ2) is 8.43. The summed E-state index contributed by atoms with van der Waals surface area (Å²) in [5.41, 5.74) is 23.0. The van der Waals surface area contributed by atoms with E-state index >= 15 is 0 Å². The molecule has 0 aromatic heterocycles. The Kier molecular flexibility index (Phi) is 6.64. The molecular weight excluding hydrogens is 340 g/mol. The van der Waals surface area contributed by atoms with E-state index in [1.165, 1.54) is 22.3 Å². The van der Waals surface area contributed by atoms with Crippen LogP contribution in [0.1, 0.15) is 112 Å². The number of rotatable bonds is 6. The third-order valence-electron chi connectivity index (χ3n) is 5.67. The quantitative estimate of drug-likeness (QED) is 0.514. The summed E-state index contributed by atoms with van der Waals surface area (Å²) in [6.45, 7) is 22.0. The molecule has 0 amide bonds. The highest BCUT2D eigenvalue weighted by molar-refractivity contribution is 5.82. The van der Waals surface area contributed by atoms with Gasteiger partial charge in [0, 0.05) is 11.4 Å². The van der Waals surface area contributed by atoms with Gasteiger partial charge in [0.1, 0.15) is 0 Å². The molecule has 0 atom stereocenters. The molecule has 4 N–H and O–H groups in total. The lowest BCUT2D eigenvalue weighted by atomic mass is 9.85. The lowest BCUT2D eigenvalue weighted by molar-refractivity contribution is 0.837. The number of hydrogen-bond acceptors (Lipinski definition) is 2. The maximum Gasteiger partial charge on any atom is 0.0384 e. The van der Waals surface area contributed by atoms with Gasteiger partial charge < -0.3 is 11.5 Å². The molecule has 0 bridgehead atoms. The Labute approximate surface area is 172 Å². The maximum absolute atomic E-state index is 6.49. The predicted octanol–water partition coefficient (Wildman–Crippen LogP) is 7.41. The van der Waals surface area contributed by atoms with Crippen molar-refractivity contribution in [2.45, 2.75) is 79.1 Å². The smallest absolute Gasteiger partial charge is 0.0384 e. The van der Waals surface area contributed by atoms with Crippen LogP contribution in [-0.2, 0) is 0 Å². The molecule has 28 heavy (non-hydrogen) atoms. The zero-order valence-corrected chi connectivity index (χ0v) is 19.0. The number of nitrogen functional groups attached to an aromatic ring is 2. The van der Waals surface area contributed by atoms with Gasteiger partial charge >= 0.3 is 0 Å². The molecule has 0 saturated carbocycles.